The van der Waals surface area contributed by atoms with Crippen LogP contribution in [0.15, 0.2) is 0 Å². The molecule has 0 aromatic carbocycles. The highest BCUT2D eigenvalue weighted by molar-refractivity contribution is 5.33. The highest BCUT2D eigenvalue weighted by Crippen LogP contribution is 2.23. The van der Waals surface area contributed by atoms with E-state index in [0.717, 1.165) is 30.8 Å². The summed E-state index contributed by atoms with van der Waals surface area (Å²) in [5.74, 6) is 0.621. The highest BCUT2D eigenvalue weighted by Gasteiger charge is 2.18. The van der Waals surface area contributed by atoms with Crippen molar-refractivity contribution in [1.82, 2.24) is 15.3 Å². The normalized spacial score (nSPS) is 14.5. The minimum Gasteiger partial charge on any atom is -0.481 e. The van der Waals surface area contributed by atoms with Gasteiger partial charge in [-0.15, -0.1) is 0 Å². The van der Waals surface area contributed by atoms with E-state index in [0.29, 0.717) is 18.5 Å². The molecule has 0 radical (unpaired) electrons. The van der Waals surface area contributed by atoms with Crippen LogP contribution in [0.25, 0.3) is 0 Å². The second kappa shape index (κ2) is 4.44. The van der Waals surface area contributed by atoms with Crippen LogP contribution >= 0.6 is 0 Å². The second-order valence-electron chi connectivity index (χ2n) is 3.30. The number of rotatable bonds is 3. The van der Waals surface area contributed by atoms with Gasteiger partial charge in [-0.05, 0) is 6.92 Å². The molecule has 1 N–H and O–H groups in total. The van der Waals surface area contributed by atoms with Crippen LogP contribution in [-0.2, 0) is 13.0 Å². The zero-order valence-corrected chi connectivity index (χ0v) is 9.04. The summed E-state index contributed by atoms with van der Waals surface area (Å²) in [5.41, 5.74) is 2.08. The third-order valence-electron chi connectivity index (χ3n) is 2.34. The molecule has 5 heteroatoms. The average Bonchev–Trinajstić information content (AvgIpc) is 2.28. The lowest BCUT2D eigenvalue weighted by atomic mass is 10.1. The van der Waals surface area contributed by atoms with Crippen molar-refractivity contribution in [2.24, 2.45) is 0 Å². The molecule has 0 unspecified atom stereocenters. The summed E-state index contributed by atoms with van der Waals surface area (Å²) in [6.45, 7) is 4.20. The van der Waals surface area contributed by atoms with Gasteiger partial charge in [-0.25, -0.2) is 0 Å². The average molecular weight is 209 g/mol. The van der Waals surface area contributed by atoms with Crippen LogP contribution in [0.5, 0.6) is 11.9 Å². The maximum Gasteiger partial charge on any atom is 0.319 e. The predicted molar refractivity (Wildman–Crippen MR) is 55.2 cm³/mol. The van der Waals surface area contributed by atoms with Crippen molar-refractivity contribution in [3.05, 3.63) is 11.3 Å². The number of aromatic nitrogens is 2. The Morgan fingerprint density at radius 2 is 2.27 bits per heavy atom. The van der Waals surface area contributed by atoms with Crippen LogP contribution in [0.3, 0.4) is 0 Å². The smallest absolute Gasteiger partial charge is 0.319 e. The van der Waals surface area contributed by atoms with Crippen molar-refractivity contribution in [2.45, 2.75) is 19.9 Å². The maximum atomic E-state index is 5.29. The molecule has 0 spiro atoms. The Balaban J connectivity index is 2.38. The van der Waals surface area contributed by atoms with Crippen molar-refractivity contribution in [1.29, 1.82) is 0 Å². The molecule has 2 rings (SSSR count). The summed E-state index contributed by atoms with van der Waals surface area (Å²) in [6.07, 6.45) is 0.897. The van der Waals surface area contributed by atoms with Crippen molar-refractivity contribution in [3.8, 4) is 11.9 Å². The van der Waals surface area contributed by atoms with Gasteiger partial charge >= 0.3 is 6.01 Å². The number of nitrogens with zero attached hydrogens (tertiary/aromatic N) is 2. The quantitative estimate of drug-likeness (QED) is 0.787. The predicted octanol–water partition coefficient (Wildman–Crippen LogP) is 0.530. The fourth-order valence-electron chi connectivity index (χ4n) is 1.65. The van der Waals surface area contributed by atoms with Crippen molar-refractivity contribution < 1.29 is 9.47 Å². The molecule has 2 heterocycles. The SMILES string of the molecule is CCOc1nc2c(c(OC)n1)CNCC2. The third-order valence-corrected chi connectivity index (χ3v) is 2.34. The van der Waals surface area contributed by atoms with E-state index in [1.807, 2.05) is 6.92 Å². The maximum absolute atomic E-state index is 5.29. The second-order valence-corrected chi connectivity index (χ2v) is 3.30. The Morgan fingerprint density at radius 1 is 1.40 bits per heavy atom. The summed E-state index contributed by atoms with van der Waals surface area (Å²) < 4.78 is 10.5. The first-order valence-electron chi connectivity index (χ1n) is 5.12. The van der Waals surface area contributed by atoms with Crippen molar-refractivity contribution >= 4 is 0 Å². The Morgan fingerprint density at radius 3 is 3.00 bits per heavy atom. The fourth-order valence-corrected chi connectivity index (χ4v) is 1.65. The highest BCUT2D eigenvalue weighted by atomic mass is 16.5. The Bertz CT molecular complexity index is 338. The Labute approximate surface area is 88.8 Å². The van der Waals surface area contributed by atoms with Gasteiger partial charge in [0.25, 0.3) is 0 Å². The largest absolute Gasteiger partial charge is 0.481 e. The number of methoxy groups -OCH3 is 1. The van der Waals surface area contributed by atoms with Gasteiger partial charge in [0.2, 0.25) is 5.88 Å². The van der Waals surface area contributed by atoms with Crippen LogP contribution in [0.4, 0.5) is 0 Å². The Hall–Kier alpha value is -1.36. The van der Waals surface area contributed by atoms with Gasteiger partial charge in [-0.3, -0.25) is 0 Å². The van der Waals surface area contributed by atoms with Gasteiger partial charge in [-0.1, -0.05) is 0 Å². The van der Waals surface area contributed by atoms with E-state index in [-0.39, 0.29) is 0 Å². The van der Waals surface area contributed by atoms with E-state index in [1.54, 1.807) is 7.11 Å². The van der Waals surface area contributed by atoms with Gasteiger partial charge in [0, 0.05) is 25.1 Å². The summed E-state index contributed by atoms with van der Waals surface area (Å²) in [6, 6.07) is 0.412. The lowest BCUT2D eigenvalue weighted by Crippen LogP contribution is -2.25. The van der Waals surface area contributed by atoms with E-state index in [2.05, 4.69) is 15.3 Å². The van der Waals surface area contributed by atoms with E-state index in [9.17, 15) is 0 Å². The van der Waals surface area contributed by atoms with Gasteiger partial charge < -0.3 is 14.8 Å². The van der Waals surface area contributed by atoms with Gasteiger partial charge in [0.15, 0.2) is 0 Å². The lowest BCUT2D eigenvalue weighted by molar-refractivity contribution is 0.298. The molecule has 1 aromatic rings. The lowest BCUT2D eigenvalue weighted by Gasteiger charge is -2.18. The summed E-state index contributed by atoms with van der Waals surface area (Å²) in [4.78, 5) is 8.56. The molecule has 1 aliphatic heterocycles. The number of hydrogen-bond acceptors (Lipinski definition) is 5. The van der Waals surface area contributed by atoms with Crippen LogP contribution in [0.2, 0.25) is 0 Å². The molecule has 5 nitrogen and oxygen atoms in total. The van der Waals surface area contributed by atoms with E-state index >= 15 is 0 Å². The number of ether oxygens (including phenoxy) is 2. The summed E-state index contributed by atoms with van der Waals surface area (Å²) >= 11 is 0. The molecule has 0 saturated carbocycles. The third kappa shape index (κ3) is 2.02. The zero-order chi connectivity index (χ0) is 10.7. The fraction of sp³-hybridized carbons (Fsp3) is 0.600. The number of hydrogen-bond donors (Lipinski definition) is 1. The monoisotopic (exact) mass is 209 g/mol. The zero-order valence-electron chi connectivity index (χ0n) is 9.04. The van der Waals surface area contributed by atoms with Gasteiger partial charge in [0.1, 0.15) is 0 Å². The molecular weight excluding hydrogens is 194 g/mol. The van der Waals surface area contributed by atoms with Crippen LogP contribution in [-0.4, -0.2) is 30.2 Å². The molecule has 0 saturated heterocycles. The Kier molecular flexibility index (Phi) is 3.01. The van der Waals surface area contributed by atoms with Gasteiger partial charge in [0.05, 0.1) is 19.4 Å². The van der Waals surface area contributed by atoms with Crippen molar-refractivity contribution in [3.63, 3.8) is 0 Å². The molecular formula is C10H15N3O2. The summed E-state index contributed by atoms with van der Waals surface area (Å²) in [5, 5.41) is 3.27. The first kappa shape index (κ1) is 10.2. The molecule has 0 fully saturated rings. The number of nitrogens with one attached hydrogen (secondary N) is 1. The molecule has 0 amide bonds. The first-order chi connectivity index (χ1) is 7.35. The molecule has 1 aromatic heterocycles. The molecule has 1 aliphatic rings. The minimum absolute atomic E-state index is 0.412. The topological polar surface area (TPSA) is 56.3 Å². The standard InChI is InChI=1S/C10H15N3O2/c1-3-15-10-12-8-4-5-11-6-7(8)9(13-10)14-2/h11H,3-6H2,1-2H3. The molecule has 82 valence electrons. The molecule has 15 heavy (non-hydrogen) atoms. The van der Waals surface area contributed by atoms with Crippen LogP contribution < -0.4 is 14.8 Å². The van der Waals surface area contributed by atoms with Gasteiger partial charge in [-0.2, -0.15) is 9.97 Å². The molecule has 0 bridgehead atoms. The van der Waals surface area contributed by atoms with E-state index in [4.69, 9.17) is 9.47 Å². The van der Waals surface area contributed by atoms with Crippen LogP contribution in [0, 0.1) is 0 Å². The molecule has 0 atom stereocenters. The first-order valence-corrected chi connectivity index (χ1v) is 5.12. The van der Waals surface area contributed by atoms with Crippen LogP contribution in [0.1, 0.15) is 18.2 Å². The number of fused-ring (bicyclic) bond motifs is 1. The minimum atomic E-state index is 0.412. The molecule has 0 aliphatic carbocycles. The summed E-state index contributed by atoms with van der Waals surface area (Å²) in [7, 11) is 1.62. The van der Waals surface area contributed by atoms with E-state index in [1.165, 1.54) is 0 Å². The van der Waals surface area contributed by atoms with E-state index < -0.39 is 0 Å². The van der Waals surface area contributed by atoms with Crippen molar-refractivity contribution in [2.75, 3.05) is 20.3 Å².